The number of nitrogens with one attached hydrogen (secondary N) is 3. The molecule has 0 atom stereocenters. The summed E-state index contributed by atoms with van der Waals surface area (Å²) in [4.78, 5) is 16.0. The van der Waals surface area contributed by atoms with Crippen molar-refractivity contribution in [3.05, 3.63) is 71.7 Å². The van der Waals surface area contributed by atoms with Crippen LogP contribution in [0.3, 0.4) is 0 Å². The number of carbonyl (C=O) groups excluding carboxylic acids is 1. The number of hydrogen-bond acceptors (Lipinski definition) is 5. The van der Waals surface area contributed by atoms with E-state index >= 15 is 0 Å². The highest BCUT2D eigenvalue weighted by Crippen LogP contribution is 2.32. The number of aromatic nitrogens is 1. The Bertz CT molecular complexity index is 1160. The molecule has 1 aromatic heterocycles. The number of halogens is 4. The first-order valence-electron chi connectivity index (χ1n) is 8.64. The zero-order valence-corrected chi connectivity index (χ0v) is 15.6. The highest BCUT2D eigenvalue weighted by molar-refractivity contribution is 6.00. The fraction of sp³-hybridized carbons (Fsp3) is 0.0500. The van der Waals surface area contributed by atoms with Crippen molar-refractivity contribution < 1.29 is 22.4 Å². The Morgan fingerprint density at radius 2 is 1.77 bits per heavy atom. The monoisotopic (exact) mass is 430 g/mol. The van der Waals surface area contributed by atoms with E-state index in [1.807, 2.05) is 6.07 Å². The van der Waals surface area contributed by atoms with Gasteiger partial charge in [0.25, 0.3) is 0 Å². The van der Waals surface area contributed by atoms with Crippen LogP contribution in [0.2, 0.25) is 0 Å². The lowest BCUT2D eigenvalue weighted by Gasteiger charge is -2.12. The molecule has 7 nitrogen and oxygen atoms in total. The van der Waals surface area contributed by atoms with Crippen LogP contribution >= 0.6 is 0 Å². The first kappa shape index (κ1) is 21.5. The first-order chi connectivity index (χ1) is 14.7. The number of hydrazine groups is 1. The van der Waals surface area contributed by atoms with Gasteiger partial charge in [-0.25, -0.2) is 20.0 Å². The third-order valence-corrected chi connectivity index (χ3v) is 4.20. The summed E-state index contributed by atoms with van der Waals surface area (Å²) in [5.74, 6) is 4.54. The van der Waals surface area contributed by atoms with Crippen LogP contribution in [0, 0.1) is 17.1 Å². The number of anilines is 3. The summed E-state index contributed by atoms with van der Waals surface area (Å²) in [5.41, 5.74) is 2.33. The van der Waals surface area contributed by atoms with E-state index in [1.54, 1.807) is 18.2 Å². The van der Waals surface area contributed by atoms with E-state index in [2.05, 4.69) is 21.0 Å². The molecule has 0 unspecified atom stereocenters. The zero-order chi connectivity index (χ0) is 22.6. The number of hydrogen-bond donors (Lipinski definition) is 4. The van der Waals surface area contributed by atoms with Gasteiger partial charge in [0.15, 0.2) is 5.82 Å². The summed E-state index contributed by atoms with van der Waals surface area (Å²) < 4.78 is 52.1. The number of pyridine rings is 1. The molecule has 2 aromatic carbocycles. The summed E-state index contributed by atoms with van der Waals surface area (Å²) in [5, 5.41) is 13.8. The topological polar surface area (TPSA) is 116 Å². The van der Waals surface area contributed by atoms with Crippen molar-refractivity contribution >= 4 is 23.2 Å². The molecule has 11 heteroatoms. The van der Waals surface area contributed by atoms with Gasteiger partial charge >= 0.3 is 12.2 Å². The second kappa shape index (κ2) is 8.68. The molecule has 0 aliphatic heterocycles. The highest BCUT2D eigenvalue weighted by Gasteiger charge is 2.31. The summed E-state index contributed by atoms with van der Waals surface area (Å²) >= 11 is 0. The lowest BCUT2D eigenvalue weighted by molar-refractivity contribution is -0.137. The smallest absolute Gasteiger partial charge is 0.308 e. The van der Waals surface area contributed by atoms with Gasteiger partial charge in [-0.1, -0.05) is 12.1 Å². The zero-order valence-electron chi connectivity index (χ0n) is 15.6. The van der Waals surface area contributed by atoms with E-state index in [9.17, 15) is 27.6 Å². The third kappa shape index (κ3) is 4.88. The SMILES string of the molecule is N#Cc1c(-c2ccc(NC(=O)Nc3cc(C(F)(F)F)ccc3F)cc2)ccnc1NN. The Balaban J connectivity index is 1.76. The van der Waals surface area contributed by atoms with Crippen LogP contribution in [0.25, 0.3) is 11.1 Å². The number of nitriles is 1. The van der Waals surface area contributed by atoms with Gasteiger partial charge < -0.3 is 16.1 Å². The number of rotatable bonds is 4. The van der Waals surface area contributed by atoms with Crippen LogP contribution in [0.5, 0.6) is 0 Å². The van der Waals surface area contributed by atoms with Crippen LogP contribution in [0.15, 0.2) is 54.7 Å². The van der Waals surface area contributed by atoms with Crippen LogP contribution in [-0.4, -0.2) is 11.0 Å². The molecule has 0 saturated carbocycles. The Hall–Kier alpha value is -4.17. The second-order valence-corrected chi connectivity index (χ2v) is 6.19. The number of nitrogen functional groups attached to an aromatic ring is 1. The number of alkyl halides is 3. The largest absolute Gasteiger partial charge is 0.416 e. The molecule has 0 aliphatic rings. The van der Waals surface area contributed by atoms with Crippen molar-refractivity contribution in [2.75, 3.05) is 16.1 Å². The molecular formula is C20H14F4N6O. The quantitative estimate of drug-likeness (QED) is 0.272. The van der Waals surface area contributed by atoms with E-state index in [-0.39, 0.29) is 11.4 Å². The highest BCUT2D eigenvalue weighted by atomic mass is 19.4. The minimum Gasteiger partial charge on any atom is -0.308 e. The molecule has 5 N–H and O–H groups in total. The maximum absolute atomic E-state index is 13.8. The molecule has 3 rings (SSSR count). The molecule has 1 heterocycles. The average Bonchev–Trinajstić information content (AvgIpc) is 2.74. The maximum Gasteiger partial charge on any atom is 0.416 e. The average molecular weight is 430 g/mol. The number of nitrogens with zero attached hydrogens (tertiary/aromatic N) is 2. The predicted octanol–water partition coefficient (Wildman–Crippen LogP) is 4.71. The maximum atomic E-state index is 13.8. The minimum absolute atomic E-state index is 0.199. The molecule has 0 spiro atoms. The lowest BCUT2D eigenvalue weighted by atomic mass is 10.0. The number of amides is 2. The van der Waals surface area contributed by atoms with Crippen LogP contribution in [0.1, 0.15) is 11.1 Å². The van der Waals surface area contributed by atoms with Gasteiger partial charge in [0.05, 0.1) is 11.3 Å². The van der Waals surface area contributed by atoms with E-state index in [0.29, 0.717) is 35.0 Å². The normalized spacial score (nSPS) is 10.8. The van der Waals surface area contributed by atoms with Crippen molar-refractivity contribution in [1.82, 2.24) is 4.98 Å². The van der Waals surface area contributed by atoms with Crippen molar-refractivity contribution in [1.29, 1.82) is 5.26 Å². The summed E-state index contributed by atoms with van der Waals surface area (Å²) in [7, 11) is 0. The molecule has 2 amide bonds. The molecule has 31 heavy (non-hydrogen) atoms. The molecular weight excluding hydrogens is 416 g/mol. The molecule has 0 radical (unpaired) electrons. The molecule has 0 bridgehead atoms. The number of urea groups is 1. The molecule has 0 aliphatic carbocycles. The Morgan fingerprint density at radius 3 is 2.39 bits per heavy atom. The number of benzene rings is 2. The van der Waals surface area contributed by atoms with Crippen molar-refractivity contribution in [2.24, 2.45) is 5.84 Å². The molecule has 0 saturated heterocycles. The van der Waals surface area contributed by atoms with Gasteiger partial charge in [0.1, 0.15) is 17.4 Å². The Kier molecular flexibility index (Phi) is 6.03. The van der Waals surface area contributed by atoms with E-state index < -0.39 is 29.3 Å². The first-order valence-corrected chi connectivity index (χ1v) is 8.64. The van der Waals surface area contributed by atoms with Gasteiger partial charge in [-0.15, -0.1) is 0 Å². The van der Waals surface area contributed by atoms with Crippen LogP contribution < -0.4 is 21.9 Å². The Morgan fingerprint density at radius 1 is 1.06 bits per heavy atom. The molecule has 3 aromatic rings. The predicted molar refractivity (Wildman–Crippen MR) is 106 cm³/mol. The summed E-state index contributed by atoms with van der Waals surface area (Å²) in [6.45, 7) is 0. The van der Waals surface area contributed by atoms with Crippen molar-refractivity contribution in [3.8, 4) is 17.2 Å². The van der Waals surface area contributed by atoms with Gasteiger partial charge in [-0.05, 0) is 42.0 Å². The third-order valence-electron chi connectivity index (χ3n) is 4.20. The van der Waals surface area contributed by atoms with E-state index in [4.69, 9.17) is 5.84 Å². The molecule has 0 fully saturated rings. The fourth-order valence-electron chi connectivity index (χ4n) is 2.74. The summed E-state index contributed by atoms with van der Waals surface area (Å²) in [6, 6.07) is 10.6. The number of nitrogens with two attached hydrogens (primary N) is 1. The van der Waals surface area contributed by atoms with Gasteiger partial charge in [0, 0.05) is 17.4 Å². The standard InChI is InChI=1S/C20H14F4N6O/c21-16-6-3-12(20(22,23)24)9-17(16)29-19(31)28-13-4-1-11(2-5-13)14-7-8-27-18(30-26)15(14)10-25/h1-9H,26H2,(H,27,30)(H2,28,29,31). The number of carbonyl (C=O) groups is 1. The summed E-state index contributed by atoms with van der Waals surface area (Å²) in [6.07, 6.45) is -3.21. The molecule has 158 valence electrons. The van der Waals surface area contributed by atoms with E-state index in [1.165, 1.54) is 18.3 Å². The minimum atomic E-state index is -4.68. The van der Waals surface area contributed by atoms with Crippen LogP contribution in [-0.2, 0) is 6.18 Å². The van der Waals surface area contributed by atoms with Gasteiger partial charge in [0.2, 0.25) is 0 Å². The van der Waals surface area contributed by atoms with E-state index in [0.717, 1.165) is 0 Å². The van der Waals surface area contributed by atoms with Crippen molar-refractivity contribution in [3.63, 3.8) is 0 Å². The second-order valence-electron chi connectivity index (χ2n) is 6.19. The lowest BCUT2D eigenvalue weighted by Crippen LogP contribution is -2.20. The Labute approximate surface area is 173 Å². The fourth-order valence-corrected chi connectivity index (χ4v) is 2.74. The van der Waals surface area contributed by atoms with Crippen LogP contribution in [0.4, 0.5) is 39.5 Å². The van der Waals surface area contributed by atoms with Gasteiger partial charge in [-0.3, -0.25) is 0 Å². The van der Waals surface area contributed by atoms with Crippen molar-refractivity contribution in [2.45, 2.75) is 6.18 Å². The van der Waals surface area contributed by atoms with Gasteiger partial charge in [-0.2, -0.15) is 18.4 Å².